The molecule has 1 heterocycles. The summed E-state index contributed by atoms with van der Waals surface area (Å²) in [5.41, 5.74) is 1.25. The smallest absolute Gasteiger partial charge is 0.352 e. The molecule has 0 radical (unpaired) electrons. The van der Waals surface area contributed by atoms with E-state index in [2.05, 4.69) is 9.72 Å². The van der Waals surface area contributed by atoms with Gasteiger partial charge >= 0.3 is 5.97 Å². The SMILES string of the molecule is COC(=O)c1scnc1F. The number of hydrogen-bond donors (Lipinski definition) is 0. The quantitative estimate of drug-likeness (QED) is 0.578. The second kappa shape index (κ2) is 2.74. The molecule has 0 unspecified atom stereocenters. The average molecular weight is 161 g/mol. The summed E-state index contributed by atoms with van der Waals surface area (Å²) < 4.78 is 16.7. The van der Waals surface area contributed by atoms with Crippen LogP contribution in [-0.2, 0) is 4.74 Å². The molecule has 5 heteroatoms. The van der Waals surface area contributed by atoms with E-state index in [0.29, 0.717) is 0 Å². The number of nitrogens with zero attached hydrogens (tertiary/aromatic N) is 1. The number of thiazole rings is 1. The Kier molecular flexibility index (Phi) is 1.96. The lowest BCUT2D eigenvalue weighted by molar-refractivity contribution is 0.0601. The molecule has 1 aromatic rings. The van der Waals surface area contributed by atoms with Crippen LogP contribution in [0.2, 0.25) is 0 Å². The van der Waals surface area contributed by atoms with E-state index in [-0.39, 0.29) is 4.88 Å². The zero-order chi connectivity index (χ0) is 7.56. The van der Waals surface area contributed by atoms with Crippen LogP contribution >= 0.6 is 11.3 Å². The molecule has 0 fully saturated rings. The lowest BCUT2D eigenvalue weighted by atomic mass is 10.5. The topological polar surface area (TPSA) is 39.2 Å². The van der Waals surface area contributed by atoms with Gasteiger partial charge in [0.2, 0.25) is 5.95 Å². The first kappa shape index (κ1) is 7.14. The Morgan fingerprint density at radius 1 is 1.90 bits per heavy atom. The highest BCUT2D eigenvalue weighted by Gasteiger charge is 2.13. The summed E-state index contributed by atoms with van der Waals surface area (Å²) in [6.45, 7) is 0. The van der Waals surface area contributed by atoms with Gasteiger partial charge in [0, 0.05) is 0 Å². The Hall–Kier alpha value is -0.970. The molecule has 3 nitrogen and oxygen atoms in total. The first-order chi connectivity index (χ1) is 4.75. The van der Waals surface area contributed by atoms with Crippen molar-refractivity contribution >= 4 is 17.3 Å². The van der Waals surface area contributed by atoms with E-state index >= 15 is 0 Å². The van der Waals surface area contributed by atoms with Crippen LogP contribution in [0.15, 0.2) is 5.51 Å². The third-order valence-corrected chi connectivity index (χ3v) is 1.68. The maximum Gasteiger partial charge on any atom is 0.352 e. The van der Waals surface area contributed by atoms with Gasteiger partial charge in [0.15, 0.2) is 4.88 Å². The number of ether oxygens (including phenoxy) is 1. The molecule has 0 aromatic carbocycles. The predicted molar refractivity (Wildman–Crippen MR) is 33.4 cm³/mol. The van der Waals surface area contributed by atoms with Gasteiger partial charge in [-0.3, -0.25) is 0 Å². The summed E-state index contributed by atoms with van der Waals surface area (Å²) in [5.74, 6) is -1.45. The molecule has 1 rings (SSSR count). The Morgan fingerprint density at radius 2 is 2.60 bits per heavy atom. The highest BCUT2D eigenvalue weighted by Crippen LogP contribution is 2.11. The second-order valence-electron chi connectivity index (χ2n) is 1.46. The monoisotopic (exact) mass is 161 g/mol. The largest absolute Gasteiger partial charge is 0.465 e. The summed E-state index contributed by atoms with van der Waals surface area (Å²) in [4.78, 5) is 13.8. The number of hydrogen-bond acceptors (Lipinski definition) is 4. The van der Waals surface area contributed by atoms with E-state index in [1.807, 2.05) is 0 Å². The van der Waals surface area contributed by atoms with Crippen molar-refractivity contribution in [2.45, 2.75) is 0 Å². The molecule has 0 bridgehead atoms. The van der Waals surface area contributed by atoms with Gasteiger partial charge in [0.1, 0.15) is 0 Å². The van der Waals surface area contributed by atoms with Gasteiger partial charge < -0.3 is 4.74 Å². The standard InChI is InChI=1S/C5H4FNO2S/c1-9-5(8)3-4(6)7-2-10-3/h2H,1H3. The number of carbonyl (C=O) groups is 1. The maximum atomic E-state index is 12.4. The van der Waals surface area contributed by atoms with E-state index < -0.39 is 11.9 Å². The number of halogens is 1. The van der Waals surface area contributed by atoms with Crippen molar-refractivity contribution in [3.8, 4) is 0 Å². The number of aromatic nitrogens is 1. The first-order valence-corrected chi connectivity index (χ1v) is 3.31. The van der Waals surface area contributed by atoms with Gasteiger partial charge in [-0.2, -0.15) is 4.39 Å². The van der Waals surface area contributed by atoms with E-state index in [0.717, 1.165) is 11.3 Å². The molecule has 0 saturated carbocycles. The fourth-order valence-electron chi connectivity index (χ4n) is 0.458. The molecule has 0 N–H and O–H groups in total. The van der Waals surface area contributed by atoms with Crippen LogP contribution in [0.5, 0.6) is 0 Å². The average Bonchev–Trinajstić information content (AvgIpc) is 2.34. The second-order valence-corrected chi connectivity index (χ2v) is 2.32. The molecule has 0 aliphatic carbocycles. The molecule has 0 amide bonds. The highest BCUT2D eigenvalue weighted by molar-refractivity contribution is 7.11. The van der Waals surface area contributed by atoms with E-state index in [1.165, 1.54) is 12.6 Å². The summed E-state index contributed by atoms with van der Waals surface area (Å²) in [5, 5.41) is 0. The lowest BCUT2D eigenvalue weighted by Crippen LogP contribution is -2.00. The van der Waals surface area contributed by atoms with Crippen LogP contribution in [-0.4, -0.2) is 18.1 Å². The van der Waals surface area contributed by atoms with Gasteiger partial charge in [-0.1, -0.05) is 0 Å². The van der Waals surface area contributed by atoms with E-state index in [9.17, 15) is 9.18 Å². The van der Waals surface area contributed by atoms with Crippen LogP contribution in [0, 0.1) is 5.95 Å². The predicted octanol–water partition coefficient (Wildman–Crippen LogP) is 1.07. The van der Waals surface area contributed by atoms with Gasteiger partial charge in [0.25, 0.3) is 0 Å². The van der Waals surface area contributed by atoms with Crippen molar-refractivity contribution in [1.29, 1.82) is 0 Å². The maximum absolute atomic E-state index is 12.4. The molecule has 54 valence electrons. The molecule has 0 atom stereocenters. The summed E-state index contributed by atoms with van der Waals surface area (Å²) >= 11 is 0.922. The number of rotatable bonds is 1. The molecule has 10 heavy (non-hydrogen) atoms. The fraction of sp³-hybridized carbons (Fsp3) is 0.200. The van der Waals surface area contributed by atoms with Gasteiger partial charge in [0.05, 0.1) is 12.6 Å². The number of esters is 1. The summed E-state index contributed by atoms with van der Waals surface area (Å²) in [6, 6.07) is 0. The molecular weight excluding hydrogens is 157 g/mol. The van der Waals surface area contributed by atoms with Crippen molar-refractivity contribution in [3.05, 3.63) is 16.3 Å². The minimum atomic E-state index is -0.767. The van der Waals surface area contributed by atoms with Crippen molar-refractivity contribution in [1.82, 2.24) is 4.98 Å². The zero-order valence-corrected chi connectivity index (χ0v) is 5.94. The molecule has 1 aromatic heterocycles. The lowest BCUT2D eigenvalue weighted by Gasteiger charge is -1.90. The molecular formula is C5H4FNO2S. The Morgan fingerprint density at radius 3 is 3.00 bits per heavy atom. The third kappa shape index (κ3) is 1.13. The first-order valence-electron chi connectivity index (χ1n) is 2.43. The van der Waals surface area contributed by atoms with E-state index in [4.69, 9.17) is 0 Å². The third-order valence-electron chi connectivity index (χ3n) is 0.895. The summed E-state index contributed by atoms with van der Waals surface area (Å²) in [6.07, 6.45) is 0. The molecule has 0 spiro atoms. The van der Waals surface area contributed by atoms with Crippen LogP contribution < -0.4 is 0 Å². The van der Waals surface area contributed by atoms with Crippen LogP contribution in [0.3, 0.4) is 0 Å². The minimum Gasteiger partial charge on any atom is -0.465 e. The fourth-order valence-corrected chi connectivity index (χ4v) is 1.04. The van der Waals surface area contributed by atoms with Crippen molar-refractivity contribution in [2.24, 2.45) is 0 Å². The minimum absolute atomic E-state index is 0.0810. The molecule has 0 saturated heterocycles. The van der Waals surface area contributed by atoms with Gasteiger partial charge in [-0.05, 0) is 0 Å². The Labute approximate surface area is 60.5 Å². The van der Waals surface area contributed by atoms with Crippen LogP contribution in [0.1, 0.15) is 9.67 Å². The van der Waals surface area contributed by atoms with Gasteiger partial charge in [-0.15, -0.1) is 11.3 Å². The van der Waals surface area contributed by atoms with Crippen LogP contribution in [0.4, 0.5) is 4.39 Å². The molecule has 0 aliphatic rings. The normalized spacial score (nSPS) is 9.40. The van der Waals surface area contributed by atoms with Crippen molar-refractivity contribution < 1.29 is 13.9 Å². The van der Waals surface area contributed by atoms with Crippen molar-refractivity contribution in [2.75, 3.05) is 7.11 Å². The van der Waals surface area contributed by atoms with Crippen LogP contribution in [0.25, 0.3) is 0 Å². The van der Waals surface area contributed by atoms with Gasteiger partial charge in [-0.25, -0.2) is 9.78 Å². The highest BCUT2D eigenvalue weighted by atomic mass is 32.1. The van der Waals surface area contributed by atoms with Crippen molar-refractivity contribution in [3.63, 3.8) is 0 Å². The number of methoxy groups -OCH3 is 1. The summed E-state index contributed by atoms with van der Waals surface area (Å²) in [7, 11) is 1.20. The number of carbonyl (C=O) groups excluding carboxylic acids is 1. The Balaban J connectivity index is 2.93. The zero-order valence-electron chi connectivity index (χ0n) is 5.13. The van der Waals surface area contributed by atoms with E-state index in [1.54, 1.807) is 0 Å². The molecule has 0 aliphatic heterocycles. The Bertz CT molecular complexity index is 248.